The summed E-state index contributed by atoms with van der Waals surface area (Å²) in [6.45, 7) is 1.34. The molecule has 2 aliphatic rings. The van der Waals surface area contributed by atoms with E-state index in [1.54, 1.807) is 0 Å². The first kappa shape index (κ1) is 13.9. The van der Waals surface area contributed by atoms with Crippen LogP contribution in [0.4, 0.5) is 0 Å². The zero-order valence-corrected chi connectivity index (χ0v) is 13.8. The molecule has 3 aromatic rings. The molecule has 24 heavy (non-hydrogen) atoms. The van der Waals surface area contributed by atoms with E-state index in [0.717, 1.165) is 52.0 Å². The Morgan fingerprint density at radius 3 is 3.00 bits per heavy atom. The Bertz CT molecular complexity index is 987. The first-order valence-corrected chi connectivity index (χ1v) is 8.45. The predicted octanol–water partition coefficient (Wildman–Crippen LogP) is 4.42. The van der Waals surface area contributed by atoms with Crippen LogP contribution in [0.5, 0.6) is 5.75 Å². The highest BCUT2D eigenvalue weighted by Crippen LogP contribution is 2.32. The van der Waals surface area contributed by atoms with Crippen molar-refractivity contribution >= 4 is 17.3 Å². The van der Waals surface area contributed by atoms with E-state index in [1.807, 2.05) is 18.2 Å². The molecule has 5 rings (SSSR count). The van der Waals surface area contributed by atoms with E-state index in [9.17, 15) is 0 Å². The van der Waals surface area contributed by atoms with Crippen molar-refractivity contribution in [3.8, 4) is 11.4 Å². The van der Waals surface area contributed by atoms with E-state index in [0.29, 0.717) is 6.54 Å². The van der Waals surface area contributed by atoms with Crippen LogP contribution in [-0.2, 0) is 13.0 Å². The molecule has 3 heterocycles. The van der Waals surface area contributed by atoms with Crippen molar-refractivity contribution in [3.63, 3.8) is 0 Å². The first-order valence-electron chi connectivity index (χ1n) is 8.07. The molecular weight excluding hydrogens is 320 g/mol. The van der Waals surface area contributed by atoms with Gasteiger partial charge < -0.3 is 9.30 Å². The fourth-order valence-corrected chi connectivity index (χ4v) is 3.73. The van der Waals surface area contributed by atoms with Crippen molar-refractivity contribution in [2.24, 2.45) is 4.99 Å². The second-order valence-corrected chi connectivity index (χ2v) is 6.49. The van der Waals surface area contributed by atoms with Gasteiger partial charge in [0.2, 0.25) is 0 Å². The first-order chi connectivity index (χ1) is 11.8. The van der Waals surface area contributed by atoms with Gasteiger partial charge in [-0.25, -0.2) is 0 Å². The van der Waals surface area contributed by atoms with E-state index in [1.165, 1.54) is 5.56 Å². The van der Waals surface area contributed by atoms with Gasteiger partial charge in [0.15, 0.2) is 0 Å². The highest BCUT2D eigenvalue weighted by atomic mass is 35.5. The highest BCUT2D eigenvalue weighted by molar-refractivity contribution is 6.31. The van der Waals surface area contributed by atoms with Gasteiger partial charge in [-0.05, 0) is 35.9 Å². The number of hydrogen-bond acceptors (Lipinski definition) is 2. The molecule has 0 aliphatic carbocycles. The van der Waals surface area contributed by atoms with Crippen molar-refractivity contribution < 1.29 is 4.74 Å². The van der Waals surface area contributed by atoms with Crippen LogP contribution in [0, 0.1) is 0 Å². The molecule has 1 aromatic heterocycles. The number of hydrogen-bond donors (Lipinski definition) is 0. The van der Waals surface area contributed by atoms with Crippen molar-refractivity contribution in [1.82, 2.24) is 4.57 Å². The lowest BCUT2D eigenvalue weighted by Crippen LogP contribution is -2.08. The number of benzene rings is 2. The van der Waals surface area contributed by atoms with Gasteiger partial charge >= 0.3 is 0 Å². The largest absolute Gasteiger partial charge is 0.493 e. The number of aliphatic imine (C=N–C) groups is 1. The number of aromatic nitrogens is 1. The molecule has 0 N–H and O–H groups in total. The average molecular weight is 335 g/mol. The van der Waals surface area contributed by atoms with Crippen molar-refractivity contribution in [2.45, 2.75) is 13.0 Å². The summed E-state index contributed by atoms with van der Waals surface area (Å²) in [5.74, 6) is 0.980. The summed E-state index contributed by atoms with van der Waals surface area (Å²) in [5.41, 5.74) is 6.57. The Kier molecular flexibility index (Phi) is 3.03. The topological polar surface area (TPSA) is 26.5 Å². The van der Waals surface area contributed by atoms with Crippen molar-refractivity contribution in [3.05, 3.63) is 82.1 Å². The normalized spacial score (nSPS) is 15.0. The molecule has 0 spiro atoms. The lowest BCUT2D eigenvalue weighted by atomic mass is 10.0. The number of fused-ring (bicyclic) bond motifs is 4. The Labute approximate surface area is 145 Å². The third-order valence-electron chi connectivity index (χ3n) is 4.71. The standard InChI is InChI=1S/C20H15ClN2O/c21-16-3-1-4-17-15(16)12-22-20(18-5-2-9-23(17)18)14-7-6-13-8-10-24-19(13)11-14/h1-7,9,11H,8,10,12H2. The average Bonchev–Trinajstić information content (AvgIpc) is 3.22. The Morgan fingerprint density at radius 1 is 1.08 bits per heavy atom. The van der Waals surface area contributed by atoms with Gasteiger partial charge in [-0.3, -0.25) is 4.99 Å². The predicted molar refractivity (Wildman–Crippen MR) is 95.8 cm³/mol. The van der Waals surface area contributed by atoms with Gasteiger partial charge in [-0.1, -0.05) is 29.8 Å². The lowest BCUT2D eigenvalue weighted by molar-refractivity contribution is 0.357. The maximum absolute atomic E-state index is 6.42. The van der Waals surface area contributed by atoms with Crippen molar-refractivity contribution in [2.75, 3.05) is 6.61 Å². The molecule has 2 aliphatic heterocycles. The van der Waals surface area contributed by atoms with Crippen LogP contribution < -0.4 is 4.74 Å². The second-order valence-electron chi connectivity index (χ2n) is 6.09. The van der Waals surface area contributed by atoms with E-state index in [2.05, 4.69) is 41.1 Å². The molecule has 0 saturated carbocycles. The Hall–Kier alpha value is -2.52. The molecule has 0 amide bonds. The van der Waals surface area contributed by atoms with Gasteiger partial charge in [0.1, 0.15) is 5.75 Å². The summed E-state index contributed by atoms with van der Waals surface area (Å²) in [7, 11) is 0. The van der Waals surface area contributed by atoms with Crippen LogP contribution in [0.1, 0.15) is 22.4 Å². The molecule has 118 valence electrons. The zero-order chi connectivity index (χ0) is 16.1. The Morgan fingerprint density at radius 2 is 2.04 bits per heavy atom. The van der Waals surface area contributed by atoms with Gasteiger partial charge in [0.25, 0.3) is 0 Å². The van der Waals surface area contributed by atoms with Crippen LogP contribution in [0.25, 0.3) is 5.69 Å². The van der Waals surface area contributed by atoms with Crippen LogP contribution in [0.2, 0.25) is 5.02 Å². The van der Waals surface area contributed by atoms with Crippen molar-refractivity contribution in [1.29, 1.82) is 0 Å². The minimum absolute atomic E-state index is 0.573. The van der Waals surface area contributed by atoms with E-state index in [4.69, 9.17) is 21.3 Å². The molecule has 3 nitrogen and oxygen atoms in total. The molecule has 0 radical (unpaired) electrons. The summed E-state index contributed by atoms with van der Waals surface area (Å²) in [6, 6.07) is 16.5. The molecule has 0 fully saturated rings. The number of rotatable bonds is 1. The molecule has 0 atom stereocenters. The van der Waals surface area contributed by atoms with Crippen LogP contribution in [-0.4, -0.2) is 16.9 Å². The van der Waals surface area contributed by atoms with Gasteiger partial charge in [-0.2, -0.15) is 0 Å². The van der Waals surface area contributed by atoms with E-state index in [-0.39, 0.29) is 0 Å². The van der Waals surface area contributed by atoms with E-state index < -0.39 is 0 Å². The SMILES string of the molecule is Clc1cccc2c1CN=C(c1ccc3c(c1)OCC3)c1cccn1-2. The van der Waals surface area contributed by atoms with Crippen LogP contribution in [0.15, 0.2) is 59.7 Å². The number of halogens is 1. The molecule has 4 heteroatoms. The third kappa shape index (κ3) is 2.01. The highest BCUT2D eigenvalue weighted by Gasteiger charge is 2.21. The molecule has 0 bridgehead atoms. The minimum atomic E-state index is 0.573. The van der Waals surface area contributed by atoms with Crippen LogP contribution in [0.3, 0.4) is 0 Å². The number of ether oxygens (including phenoxy) is 1. The molecular formula is C20H15ClN2O. The maximum Gasteiger partial charge on any atom is 0.123 e. The summed E-state index contributed by atoms with van der Waals surface area (Å²) in [5, 5.41) is 0.759. The summed E-state index contributed by atoms with van der Waals surface area (Å²) >= 11 is 6.42. The van der Waals surface area contributed by atoms with E-state index >= 15 is 0 Å². The third-order valence-corrected chi connectivity index (χ3v) is 5.06. The van der Waals surface area contributed by atoms with Crippen LogP contribution >= 0.6 is 11.6 Å². The zero-order valence-electron chi connectivity index (χ0n) is 13.0. The van der Waals surface area contributed by atoms with Gasteiger partial charge in [0.05, 0.1) is 30.2 Å². The smallest absolute Gasteiger partial charge is 0.123 e. The fraction of sp³-hybridized carbons (Fsp3) is 0.150. The Balaban J connectivity index is 1.70. The summed E-state index contributed by atoms with van der Waals surface area (Å²) in [4.78, 5) is 4.89. The summed E-state index contributed by atoms with van der Waals surface area (Å²) in [6.07, 6.45) is 3.05. The monoisotopic (exact) mass is 334 g/mol. The second kappa shape index (κ2) is 5.25. The lowest BCUT2D eigenvalue weighted by Gasteiger charge is -2.12. The minimum Gasteiger partial charge on any atom is -0.493 e. The fourth-order valence-electron chi connectivity index (χ4n) is 3.51. The summed E-state index contributed by atoms with van der Waals surface area (Å²) < 4.78 is 7.90. The van der Waals surface area contributed by atoms with Gasteiger partial charge in [0, 0.05) is 28.8 Å². The quantitative estimate of drug-likeness (QED) is 0.647. The van der Waals surface area contributed by atoms with Gasteiger partial charge in [-0.15, -0.1) is 0 Å². The maximum atomic E-state index is 6.42. The number of nitrogens with zero attached hydrogens (tertiary/aromatic N) is 2. The molecule has 0 unspecified atom stereocenters. The molecule has 0 saturated heterocycles. The molecule has 2 aromatic carbocycles.